The molecule has 0 aliphatic heterocycles. The molecule has 2 N–H and O–H groups in total. The Morgan fingerprint density at radius 3 is 2.53 bits per heavy atom. The van der Waals surface area contributed by atoms with Crippen LogP contribution in [0, 0.1) is 16.7 Å². The molecule has 0 aromatic heterocycles. The molecule has 110 valence electrons. The number of ketones is 1. The molecule has 2 saturated carbocycles. The van der Waals surface area contributed by atoms with E-state index in [0.717, 1.165) is 6.42 Å². The summed E-state index contributed by atoms with van der Waals surface area (Å²) in [4.78, 5) is 12.2. The standard InChI is InChI=1S/C13H23NO4S/c1-9(15)7-14-19(17,18)8-13-5-4-10(6-11(13)16)12(13,2)3/h9-10,14-15H,4-8H2,1-3H3/t9-,10-,13-/m0/s1. The topological polar surface area (TPSA) is 83.5 Å². The lowest BCUT2D eigenvalue weighted by Gasteiger charge is -2.36. The van der Waals surface area contributed by atoms with Crippen LogP contribution in [0.4, 0.5) is 0 Å². The number of nitrogens with one attached hydrogen (secondary N) is 1. The van der Waals surface area contributed by atoms with Crippen LogP contribution in [0.1, 0.15) is 40.0 Å². The van der Waals surface area contributed by atoms with E-state index in [2.05, 4.69) is 4.72 Å². The van der Waals surface area contributed by atoms with E-state index in [4.69, 9.17) is 5.11 Å². The smallest absolute Gasteiger partial charge is 0.212 e. The lowest BCUT2D eigenvalue weighted by molar-refractivity contribution is -0.128. The second kappa shape index (κ2) is 4.53. The minimum Gasteiger partial charge on any atom is -0.392 e. The maximum Gasteiger partial charge on any atom is 0.212 e. The quantitative estimate of drug-likeness (QED) is 0.779. The fourth-order valence-corrected chi connectivity index (χ4v) is 5.65. The highest BCUT2D eigenvalue weighted by atomic mass is 32.2. The predicted octanol–water partition coefficient (Wildman–Crippen LogP) is 0.682. The third-order valence-corrected chi connectivity index (χ3v) is 6.65. The summed E-state index contributed by atoms with van der Waals surface area (Å²) in [5.74, 6) is 0.262. The lowest BCUT2D eigenvalue weighted by atomic mass is 9.70. The van der Waals surface area contributed by atoms with E-state index >= 15 is 0 Å². The summed E-state index contributed by atoms with van der Waals surface area (Å²) in [6, 6.07) is 0. The van der Waals surface area contributed by atoms with Gasteiger partial charge in [-0.3, -0.25) is 4.79 Å². The third-order valence-electron chi connectivity index (χ3n) is 5.17. The van der Waals surface area contributed by atoms with Crippen molar-refractivity contribution in [1.29, 1.82) is 0 Å². The van der Waals surface area contributed by atoms with Crippen molar-refractivity contribution in [1.82, 2.24) is 4.72 Å². The number of carbonyl (C=O) groups excluding carboxylic acids is 1. The van der Waals surface area contributed by atoms with Crippen molar-refractivity contribution in [3.63, 3.8) is 0 Å². The number of Topliss-reactive ketones (excluding diaryl/α,β-unsaturated/α-hetero) is 1. The molecule has 2 bridgehead atoms. The number of hydrogen-bond donors (Lipinski definition) is 2. The summed E-state index contributed by atoms with van der Waals surface area (Å²) in [5, 5.41) is 9.17. The highest BCUT2D eigenvalue weighted by Gasteiger charge is 2.65. The van der Waals surface area contributed by atoms with Gasteiger partial charge in [-0.25, -0.2) is 13.1 Å². The Morgan fingerprint density at radius 2 is 2.11 bits per heavy atom. The van der Waals surface area contributed by atoms with Crippen molar-refractivity contribution >= 4 is 15.8 Å². The zero-order chi connectivity index (χ0) is 14.5. The second-order valence-corrected chi connectivity index (χ2v) is 8.43. The Kier molecular flexibility index (Phi) is 3.56. The second-order valence-electron chi connectivity index (χ2n) is 6.62. The van der Waals surface area contributed by atoms with Gasteiger partial charge in [-0.1, -0.05) is 13.8 Å². The Morgan fingerprint density at radius 1 is 1.47 bits per heavy atom. The van der Waals surface area contributed by atoms with E-state index in [1.165, 1.54) is 6.92 Å². The highest BCUT2D eigenvalue weighted by molar-refractivity contribution is 7.89. The number of carbonyl (C=O) groups is 1. The highest BCUT2D eigenvalue weighted by Crippen LogP contribution is 2.64. The molecule has 0 radical (unpaired) electrons. The molecule has 0 aromatic carbocycles. The summed E-state index contributed by atoms with van der Waals surface area (Å²) in [6.45, 7) is 5.55. The van der Waals surface area contributed by atoms with Gasteiger partial charge in [-0.2, -0.15) is 0 Å². The number of hydrogen-bond acceptors (Lipinski definition) is 4. The zero-order valence-corrected chi connectivity index (χ0v) is 12.6. The Bertz CT molecular complexity index is 483. The van der Waals surface area contributed by atoms with E-state index in [0.29, 0.717) is 18.8 Å². The van der Waals surface area contributed by atoms with Gasteiger partial charge in [0.25, 0.3) is 0 Å². The van der Waals surface area contributed by atoms with Gasteiger partial charge < -0.3 is 5.11 Å². The van der Waals surface area contributed by atoms with Crippen LogP contribution in [0.5, 0.6) is 0 Å². The molecule has 2 aliphatic carbocycles. The minimum atomic E-state index is -3.54. The first-order valence-electron chi connectivity index (χ1n) is 6.79. The minimum absolute atomic E-state index is 0.00351. The number of fused-ring (bicyclic) bond motifs is 2. The van der Waals surface area contributed by atoms with Crippen LogP contribution >= 0.6 is 0 Å². The number of aliphatic hydroxyl groups excluding tert-OH is 1. The van der Waals surface area contributed by atoms with Crippen LogP contribution in [-0.4, -0.2) is 37.7 Å². The van der Waals surface area contributed by atoms with Crippen molar-refractivity contribution in [3.05, 3.63) is 0 Å². The van der Waals surface area contributed by atoms with Crippen LogP contribution < -0.4 is 4.72 Å². The Hall–Kier alpha value is -0.460. The third kappa shape index (κ3) is 2.34. The average molecular weight is 289 g/mol. The number of sulfonamides is 1. The van der Waals surface area contributed by atoms with Crippen LogP contribution in [0.3, 0.4) is 0 Å². The normalized spacial score (nSPS) is 34.7. The summed E-state index contributed by atoms with van der Waals surface area (Å²) in [7, 11) is -3.54. The Labute approximate surface area is 114 Å². The molecule has 3 atom stereocenters. The molecule has 2 rings (SSSR count). The molecular weight excluding hydrogens is 266 g/mol. The van der Waals surface area contributed by atoms with Gasteiger partial charge in [-0.15, -0.1) is 0 Å². The molecule has 2 fully saturated rings. The van der Waals surface area contributed by atoms with Gasteiger partial charge >= 0.3 is 0 Å². The van der Waals surface area contributed by atoms with Crippen molar-refractivity contribution < 1.29 is 18.3 Å². The Balaban J connectivity index is 2.20. The predicted molar refractivity (Wildman–Crippen MR) is 72.0 cm³/mol. The molecule has 0 amide bonds. The molecule has 0 aromatic rings. The average Bonchev–Trinajstić information content (AvgIpc) is 2.60. The molecule has 2 aliphatic rings. The van der Waals surface area contributed by atoms with Gasteiger partial charge in [0, 0.05) is 18.4 Å². The summed E-state index contributed by atoms with van der Waals surface area (Å²) in [5.41, 5.74) is -0.980. The van der Waals surface area contributed by atoms with E-state index in [1.807, 2.05) is 13.8 Å². The van der Waals surface area contributed by atoms with Crippen molar-refractivity contribution in [3.8, 4) is 0 Å². The first-order chi connectivity index (χ1) is 8.61. The lowest BCUT2D eigenvalue weighted by Crippen LogP contribution is -2.46. The van der Waals surface area contributed by atoms with Gasteiger partial charge in [0.1, 0.15) is 5.78 Å². The van der Waals surface area contributed by atoms with E-state index in [-0.39, 0.29) is 23.5 Å². The SMILES string of the molecule is C[C@H](O)CNS(=O)(=O)C[C@@]12CC[C@@H](CC1=O)C2(C)C. The van der Waals surface area contributed by atoms with Gasteiger partial charge in [0.2, 0.25) is 10.0 Å². The molecule has 0 heterocycles. The summed E-state index contributed by atoms with van der Waals surface area (Å²) < 4.78 is 26.7. The van der Waals surface area contributed by atoms with Gasteiger partial charge in [0.05, 0.1) is 11.9 Å². The molecule has 0 unspecified atom stereocenters. The van der Waals surface area contributed by atoms with E-state index in [1.54, 1.807) is 0 Å². The summed E-state index contributed by atoms with van der Waals surface area (Å²) in [6.07, 6.45) is 1.39. The van der Waals surface area contributed by atoms with Crippen LogP contribution in [0.2, 0.25) is 0 Å². The van der Waals surface area contributed by atoms with E-state index in [9.17, 15) is 13.2 Å². The zero-order valence-electron chi connectivity index (χ0n) is 11.8. The maximum atomic E-state index is 12.2. The largest absolute Gasteiger partial charge is 0.392 e. The van der Waals surface area contributed by atoms with Crippen LogP contribution in [-0.2, 0) is 14.8 Å². The number of rotatable bonds is 5. The molecule has 6 heteroatoms. The van der Waals surface area contributed by atoms with Gasteiger partial charge in [-0.05, 0) is 31.1 Å². The van der Waals surface area contributed by atoms with Crippen LogP contribution in [0.15, 0.2) is 0 Å². The first-order valence-corrected chi connectivity index (χ1v) is 8.45. The maximum absolute atomic E-state index is 12.2. The first kappa shape index (κ1) is 14.9. The molecular formula is C13H23NO4S. The van der Waals surface area contributed by atoms with Crippen LogP contribution in [0.25, 0.3) is 0 Å². The fraction of sp³-hybridized carbons (Fsp3) is 0.923. The molecule has 19 heavy (non-hydrogen) atoms. The fourth-order valence-electron chi connectivity index (χ4n) is 3.73. The molecule has 0 spiro atoms. The molecule has 0 saturated heterocycles. The number of aliphatic hydroxyl groups is 1. The van der Waals surface area contributed by atoms with E-state index < -0.39 is 21.5 Å². The van der Waals surface area contributed by atoms with Gasteiger partial charge in [0.15, 0.2) is 0 Å². The van der Waals surface area contributed by atoms with Crippen molar-refractivity contribution in [2.75, 3.05) is 12.3 Å². The molecule has 5 nitrogen and oxygen atoms in total. The summed E-state index contributed by atoms with van der Waals surface area (Å²) >= 11 is 0. The van der Waals surface area contributed by atoms with Crippen molar-refractivity contribution in [2.24, 2.45) is 16.7 Å². The van der Waals surface area contributed by atoms with Crippen molar-refractivity contribution in [2.45, 2.75) is 46.1 Å². The monoisotopic (exact) mass is 289 g/mol.